The Morgan fingerprint density at radius 2 is 1.88 bits per heavy atom. The van der Waals surface area contributed by atoms with E-state index in [4.69, 9.17) is 9.47 Å². The quantitative estimate of drug-likeness (QED) is 0.528. The molecule has 0 saturated carbocycles. The minimum Gasteiger partial charge on any atom is -0.497 e. The first-order chi connectivity index (χ1) is 15.4. The lowest BCUT2D eigenvalue weighted by molar-refractivity contribution is -0.122. The van der Waals surface area contributed by atoms with E-state index >= 15 is 0 Å². The van der Waals surface area contributed by atoms with Gasteiger partial charge in [0.05, 0.1) is 32.4 Å². The van der Waals surface area contributed by atoms with Crippen molar-refractivity contribution in [1.29, 1.82) is 0 Å². The van der Waals surface area contributed by atoms with E-state index in [1.165, 1.54) is 17.5 Å². The average Bonchev–Trinajstić information content (AvgIpc) is 3.44. The van der Waals surface area contributed by atoms with Gasteiger partial charge < -0.3 is 9.47 Å². The largest absolute Gasteiger partial charge is 0.497 e. The number of hydrogen-bond acceptors (Lipinski definition) is 8. The summed E-state index contributed by atoms with van der Waals surface area (Å²) >= 11 is 1.09. The molecule has 2 aliphatic rings. The number of benzene rings is 1. The van der Waals surface area contributed by atoms with Crippen LogP contribution in [0.2, 0.25) is 0 Å². The van der Waals surface area contributed by atoms with E-state index in [0.717, 1.165) is 16.2 Å². The lowest BCUT2D eigenvalue weighted by Crippen LogP contribution is -2.49. The van der Waals surface area contributed by atoms with Crippen LogP contribution in [0.1, 0.15) is 6.42 Å². The van der Waals surface area contributed by atoms with Gasteiger partial charge in [0.2, 0.25) is 5.91 Å². The van der Waals surface area contributed by atoms with Gasteiger partial charge in [0.25, 0.3) is 15.9 Å². The highest BCUT2D eigenvalue weighted by Crippen LogP contribution is 2.31. The van der Waals surface area contributed by atoms with E-state index in [9.17, 15) is 18.0 Å². The molecule has 2 fully saturated rings. The van der Waals surface area contributed by atoms with Gasteiger partial charge in [-0.2, -0.15) is 4.31 Å². The summed E-state index contributed by atoms with van der Waals surface area (Å²) in [6.07, 6.45) is -0.196. The van der Waals surface area contributed by atoms with Crippen LogP contribution >= 0.6 is 11.3 Å². The molecule has 0 aliphatic carbocycles. The first-order valence-electron chi connectivity index (χ1n) is 10.3. The van der Waals surface area contributed by atoms with Crippen molar-refractivity contribution >= 4 is 38.9 Å². The molecule has 172 valence electrons. The molecule has 2 aromatic rings. The van der Waals surface area contributed by atoms with Crippen LogP contribution in [0.3, 0.4) is 0 Å². The van der Waals surface area contributed by atoms with Crippen molar-refractivity contribution in [3.8, 4) is 5.75 Å². The van der Waals surface area contributed by atoms with Crippen LogP contribution < -0.4 is 9.64 Å². The standard InChI is InChI=1S/C21H25N3O6S2/c1-29-17-6-4-16(5-7-17)24-19(25)15-18(21(24)26)23(9-8-22-10-12-30-13-11-22)32(27,28)20-3-2-14-31-20/h2-7,14,18H,8-13,15H2,1H3. The first-order valence-corrected chi connectivity index (χ1v) is 12.6. The van der Waals surface area contributed by atoms with E-state index in [2.05, 4.69) is 4.90 Å². The fourth-order valence-corrected chi connectivity index (χ4v) is 6.57. The van der Waals surface area contributed by atoms with E-state index in [0.29, 0.717) is 44.3 Å². The molecule has 11 heteroatoms. The number of ether oxygens (including phenoxy) is 2. The van der Waals surface area contributed by atoms with Crippen LogP contribution in [0.5, 0.6) is 5.75 Å². The van der Waals surface area contributed by atoms with Gasteiger partial charge in [-0.15, -0.1) is 11.3 Å². The van der Waals surface area contributed by atoms with Gasteiger partial charge in [-0.05, 0) is 35.7 Å². The maximum Gasteiger partial charge on any atom is 0.253 e. The Morgan fingerprint density at radius 3 is 2.50 bits per heavy atom. The predicted octanol–water partition coefficient (Wildman–Crippen LogP) is 1.41. The Hall–Kier alpha value is -2.31. The van der Waals surface area contributed by atoms with Gasteiger partial charge in [-0.1, -0.05) is 6.07 Å². The van der Waals surface area contributed by atoms with Crippen LogP contribution in [-0.2, 0) is 24.3 Å². The highest BCUT2D eigenvalue weighted by molar-refractivity contribution is 7.91. The van der Waals surface area contributed by atoms with Crippen LogP contribution in [0.15, 0.2) is 46.0 Å². The number of methoxy groups -OCH3 is 1. The number of nitrogens with zero attached hydrogens (tertiary/aromatic N) is 3. The monoisotopic (exact) mass is 479 g/mol. The summed E-state index contributed by atoms with van der Waals surface area (Å²) in [6, 6.07) is 8.63. The number of carbonyl (C=O) groups is 2. The van der Waals surface area contributed by atoms with Gasteiger partial charge in [0.1, 0.15) is 16.0 Å². The Bertz CT molecular complexity index is 1050. The number of thiophene rings is 1. The van der Waals surface area contributed by atoms with Gasteiger partial charge in [0.15, 0.2) is 0 Å². The molecule has 1 aromatic carbocycles. The van der Waals surface area contributed by atoms with E-state index in [1.54, 1.807) is 35.7 Å². The Labute approximate surface area is 191 Å². The van der Waals surface area contributed by atoms with Crippen molar-refractivity contribution in [2.24, 2.45) is 0 Å². The molecule has 0 N–H and O–H groups in total. The van der Waals surface area contributed by atoms with Crippen molar-refractivity contribution < 1.29 is 27.5 Å². The van der Waals surface area contributed by atoms with Crippen LogP contribution in [0.4, 0.5) is 5.69 Å². The van der Waals surface area contributed by atoms with Crippen molar-refractivity contribution in [1.82, 2.24) is 9.21 Å². The second kappa shape index (κ2) is 9.67. The SMILES string of the molecule is COc1ccc(N2C(=O)CC(N(CCN3CCOCC3)S(=O)(=O)c3cccs3)C2=O)cc1. The molecule has 1 aromatic heterocycles. The van der Waals surface area contributed by atoms with Gasteiger partial charge in [-0.25, -0.2) is 13.3 Å². The Balaban J connectivity index is 1.61. The third kappa shape index (κ3) is 4.57. The lowest BCUT2D eigenvalue weighted by atomic mass is 10.2. The third-order valence-corrected chi connectivity index (χ3v) is 8.88. The van der Waals surface area contributed by atoms with E-state index < -0.39 is 27.9 Å². The number of rotatable bonds is 8. The van der Waals surface area contributed by atoms with Crippen LogP contribution in [-0.4, -0.2) is 82.0 Å². The lowest BCUT2D eigenvalue weighted by Gasteiger charge is -2.31. The van der Waals surface area contributed by atoms with E-state index in [-0.39, 0.29) is 17.2 Å². The average molecular weight is 480 g/mol. The molecular weight excluding hydrogens is 454 g/mol. The molecule has 0 bridgehead atoms. The smallest absolute Gasteiger partial charge is 0.253 e. The normalized spacial score (nSPS) is 20.3. The number of hydrogen-bond donors (Lipinski definition) is 0. The molecule has 2 amide bonds. The summed E-state index contributed by atoms with van der Waals surface area (Å²) in [5, 5.41) is 1.68. The van der Waals surface area contributed by atoms with Crippen molar-refractivity contribution in [2.75, 3.05) is 51.4 Å². The maximum absolute atomic E-state index is 13.4. The number of imide groups is 1. The number of carbonyl (C=O) groups excluding carboxylic acids is 2. The molecule has 0 spiro atoms. The zero-order valence-corrected chi connectivity index (χ0v) is 19.3. The number of morpholine rings is 1. The molecule has 2 aliphatic heterocycles. The predicted molar refractivity (Wildman–Crippen MR) is 119 cm³/mol. The van der Waals surface area contributed by atoms with Crippen molar-refractivity contribution in [2.45, 2.75) is 16.7 Å². The number of anilines is 1. The Kier molecular flexibility index (Phi) is 6.91. The Morgan fingerprint density at radius 1 is 1.16 bits per heavy atom. The summed E-state index contributed by atoms with van der Waals surface area (Å²) in [6.45, 7) is 3.13. The van der Waals surface area contributed by atoms with E-state index in [1.807, 2.05) is 0 Å². The summed E-state index contributed by atoms with van der Waals surface area (Å²) < 4.78 is 38.7. The molecule has 1 atom stereocenters. The third-order valence-electron chi connectivity index (χ3n) is 5.60. The second-order valence-electron chi connectivity index (χ2n) is 7.49. The highest BCUT2D eigenvalue weighted by atomic mass is 32.2. The zero-order chi connectivity index (χ0) is 22.7. The highest BCUT2D eigenvalue weighted by Gasteiger charge is 2.47. The molecule has 2 saturated heterocycles. The fourth-order valence-electron chi connectivity index (χ4n) is 3.88. The van der Waals surface area contributed by atoms with Crippen LogP contribution in [0, 0.1) is 0 Å². The van der Waals surface area contributed by atoms with Crippen LogP contribution in [0.25, 0.3) is 0 Å². The molecule has 9 nitrogen and oxygen atoms in total. The van der Waals surface area contributed by atoms with Crippen molar-refractivity contribution in [3.63, 3.8) is 0 Å². The number of sulfonamides is 1. The summed E-state index contributed by atoms with van der Waals surface area (Å²) in [4.78, 5) is 29.3. The number of amides is 2. The topological polar surface area (TPSA) is 96.5 Å². The zero-order valence-electron chi connectivity index (χ0n) is 17.7. The van der Waals surface area contributed by atoms with Gasteiger partial charge in [0, 0.05) is 26.2 Å². The minimum atomic E-state index is -3.94. The molecular formula is C21H25N3O6S2. The second-order valence-corrected chi connectivity index (χ2v) is 10.6. The summed E-state index contributed by atoms with van der Waals surface area (Å²) in [7, 11) is -2.41. The van der Waals surface area contributed by atoms with Gasteiger partial charge in [-0.3, -0.25) is 14.5 Å². The van der Waals surface area contributed by atoms with Crippen molar-refractivity contribution in [3.05, 3.63) is 41.8 Å². The molecule has 0 radical (unpaired) electrons. The summed E-state index contributed by atoms with van der Waals surface area (Å²) in [5.41, 5.74) is 0.393. The maximum atomic E-state index is 13.4. The summed E-state index contributed by atoms with van der Waals surface area (Å²) in [5.74, 6) is -0.373. The molecule has 4 rings (SSSR count). The molecule has 32 heavy (non-hydrogen) atoms. The minimum absolute atomic E-state index is 0.111. The molecule has 3 heterocycles. The fraction of sp³-hybridized carbons (Fsp3) is 0.429. The first kappa shape index (κ1) is 22.9. The van der Waals surface area contributed by atoms with Gasteiger partial charge >= 0.3 is 0 Å². The molecule has 1 unspecified atom stereocenters.